The van der Waals surface area contributed by atoms with Crippen molar-refractivity contribution in [2.24, 2.45) is 0 Å². The molecular weight excluding hydrogens is 172 g/mol. The third-order valence-electron chi connectivity index (χ3n) is 2.21. The van der Waals surface area contributed by atoms with Gasteiger partial charge in [-0.25, -0.2) is 0 Å². The maximum Gasteiger partial charge on any atom is 0.115 e. The minimum Gasteiger partial charge on any atom is -0.508 e. The van der Waals surface area contributed by atoms with E-state index in [4.69, 9.17) is 0 Å². The van der Waals surface area contributed by atoms with Crippen molar-refractivity contribution in [1.29, 1.82) is 0 Å². The molecule has 0 saturated heterocycles. The molecule has 14 heavy (non-hydrogen) atoms. The van der Waals surface area contributed by atoms with Crippen LogP contribution in [0, 0.1) is 0 Å². The van der Waals surface area contributed by atoms with Crippen molar-refractivity contribution in [3.8, 4) is 5.75 Å². The number of benzene rings is 1. The van der Waals surface area contributed by atoms with E-state index in [1.807, 2.05) is 12.1 Å². The molecule has 1 rings (SSSR count). The lowest BCUT2D eigenvalue weighted by molar-refractivity contribution is 0.475. The summed E-state index contributed by atoms with van der Waals surface area (Å²) in [7, 11) is 0. The summed E-state index contributed by atoms with van der Waals surface area (Å²) in [5.41, 5.74) is 2.61. The molecule has 1 aromatic rings. The maximum atomic E-state index is 9.18. The molecule has 0 aromatic heterocycles. The van der Waals surface area contributed by atoms with Crippen LogP contribution >= 0.6 is 0 Å². The molecule has 0 unspecified atom stereocenters. The highest BCUT2D eigenvalue weighted by Gasteiger charge is 1.99. The Morgan fingerprint density at radius 3 is 2.36 bits per heavy atom. The van der Waals surface area contributed by atoms with Crippen molar-refractivity contribution in [1.82, 2.24) is 0 Å². The number of rotatable bonds is 4. The van der Waals surface area contributed by atoms with Crippen LogP contribution in [0.3, 0.4) is 0 Å². The quantitative estimate of drug-likeness (QED) is 0.761. The first kappa shape index (κ1) is 10.8. The fourth-order valence-corrected chi connectivity index (χ4v) is 1.56. The SMILES string of the molecule is CC/C=C(\CCC)c1ccc(O)cc1. The first-order valence-electron chi connectivity index (χ1n) is 5.26. The van der Waals surface area contributed by atoms with Gasteiger partial charge in [-0.3, -0.25) is 0 Å². The van der Waals surface area contributed by atoms with E-state index < -0.39 is 0 Å². The second-order valence-electron chi connectivity index (χ2n) is 3.43. The fourth-order valence-electron chi connectivity index (χ4n) is 1.56. The molecule has 1 heteroatoms. The molecule has 0 radical (unpaired) electrons. The molecule has 1 N–H and O–H groups in total. The topological polar surface area (TPSA) is 20.2 Å². The van der Waals surface area contributed by atoms with E-state index in [1.165, 1.54) is 11.1 Å². The van der Waals surface area contributed by atoms with Gasteiger partial charge in [-0.05, 0) is 36.1 Å². The minimum absolute atomic E-state index is 0.334. The van der Waals surface area contributed by atoms with Gasteiger partial charge in [0.15, 0.2) is 0 Å². The Morgan fingerprint density at radius 1 is 1.21 bits per heavy atom. The third-order valence-corrected chi connectivity index (χ3v) is 2.21. The van der Waals surface area contributed by atoms with Gasteiger partial charge < -0.3 is 5.11 Å². The van der Waals surface area contributed by atoms with Gasteiger partial charge in [0.2, 0.25) is 0 Å². The molecule has 0 fully saturated rings. The van der Waals surface area contributed by atoms with Gasteiger partial charge in [0.05, 0.1) is 0 Å². The molecule has 0 aliphatic heterocycles. The third kappa shape index (κ3) is 2.91. The standard InChI is InChI=1S/C13H18O/c1-3-5-11(6-4-2)12-7-9-13(14)10-8-12/h5,7-10,14H,3-4,6H2,1-2H3/b11-5+. The summed E-state index contributed by atoms with van der Waals surface area (Å²) in [6, 6.07) is 7.45. The monoisotopic (exact) mass is 190 g/mol. The predicted molar refractivity (Wildman–Crippen MR) is 61.3 cm³/mol. The Balaban J connectivity index is 2.88. The van der Waals surface area contributed by atoms with E-state index in [0.29, 0.717) is 5.75 Å². The van der Waals surface area contributed by atoms with Gasteiger partial charge in [0.1, 0.15) is 5.75 Å². The van der Waals surface area contributed by atoms with Gasteiger partial charge in [-0.1, -0.05) is 38.5 Å². The molecule has 0 heterocycles. The van der Waals surface area contributed by atoms with Gasteiger partial charge in [-0.15, -0.1) is 0 Å². The lowest BCUT2D eigenvalue weighted by atomic mass is 10.0. The average Bonchev–Trinajstić information content (AvgIpc) is 2.19. The molecule has 0 bridgehead atoms. The Labute approximate surface area is 86.1 Å². The van der Waals surface area contributed by atoms with Crippen LogP contribution in [0.5, 0.6) is 5.75 Å². The summed E-state index contributed by atoms with van der Waals surface area (Å²) in [5, 5.41) is 9.18. The second-order valence-corrected chi connectivity index (χ2v) is 3.43. The Hall–Kier alpha value is -1.24. The highest BCUT2D eigenvalue weighted by Crippen LogP contribution is 2.22. The van der Waals surface area contributed by atoms with Crippen LogP contribution in [0.2, 0.25) is 0 Å². The summed E-state index contributed by atoms with van der Waals surface area (Å²) in [4.78, 5) is 0. The van der Waals surface area contributed by atoms with Gasteiger partial charge in [-0.2, -0.15) is 0 Å². The van der Waals surface area contributed by atoms with Crippen molar-refractivity contribution < 1.29 is 5.11 Å². The number of hydrogen-bond acceptors (Lipinski definition) is 1. The minimum atomic E-state index is 0.334. The molecule has 1 nitrogen and oxygen atoms in total. The van der Waals surface area contributed by atoms with E-state index >= 15 is 0 Å². The average molecular weight is 190 g/mol. The van der Waals surface area contributed by atoms with Gasteiger partial charge in [0, 0.05) is 0 Å². The van der Waals surface area contributed by atoms with E-state index in [-0.39, 0.29) is 0 Å². The van der Waals surface area contributed by atoms with Crippen LogP contribution in [0.4, 0.5) is 0 Å². The van der Waals surface area contributed by atoms with E-state index in [9.17, 15) is 5.11 Å². The Morgan fingerprint density at radius 2 is 1.86 bits per heavy atom. The summed E-state index contributed by atoms with van der Waals surface area (Å²) < 4.78 is 0. The number of aromatic hydroxyl groups is 1. The molecule has 76 valence electrons. The summed E-state index contributed by atoms with van der Waals surface area (Å²) in [6.45, 7) is 4.33. The van der Waals surface area contributed by atoms with Gasteiger partial charge >= 0.3 is 0 Å². The molecule has 0 saturated carbocycles. The van der Waals surface area contributed by atoms with Crippen molar-refractivity contribution in [2.45, 2.75) is 33.1 Å². The molecule has 0 aliphatic carbocycles. The zero-order valence-corrected chi connectivity index (χ0v) is 8.96. The summed E-state index contributed by atoms with van der Waals surface area (Å²) in [5.74, 6) is 0.334. The van der Waals surface area contributed by atoms with Crippen LogP contribution in [-0.4, -0.2) is 5.11 Å². The highest BCUT2D eigenvalue weighted by atomic mass is 16.3. The van der Waals surface area contributed by atoms with Crippen molar-refractivity contribution in [3.05, 3.63) is 35.9 Å². The van der Waals surface area contributed by atoms with Crippen LogP contribution < -0.4 is 0 Å². The van der Waals surface area contributed by atoms with E-state index in [1.54, 1.807) is 12.1 Å². The Kier molecular flexibility index (Phi) is 4.24. The normalized spacial score (nSPS) is 11.7. The predicted octanol–water partition coefficient (Wildman–Crippen LogP) is 3.99. The van der Waals surface area contributed by atoms with Crippen LogP contribution in [0.15, 0.2) is 30.3 Å². The lowest BCUT2D eigenvalue weighted by Gasteiger charge is -2.06. The maximum absolute atomic E-state index is 9.18. The molecule has 0 aliphatic rings. The highest BCUT2D eigenvalue weighted by molar-refractivity contribution is 5.65. The van der Waals surface area contributed by atoms with Crippen molar-refractivity contribution in [2.75, 3.05) is 0 Å². The zero-order valence-electron chi connectivity index (χ0n) is 8.96. The fraction of sp³-hybridized carbons (Fsp3) is 0.385. The van der Waals surface area contributed by atoms with Crippen molar-refractivity contribution in [3.63, 3.8) is 0 Å². The van der Waals surface area contributed by atoms with Crippen LogP contribution in [0.1, 0.15) is 38.7 Å². The molecule has 0 spiro atoms. The molecular formula is C13H18O. The van der Waals surface area contributed by atoms with Crippen molar-refractivity contribution >= 4 is 5.57 Å². The second kappa shape index (κ2) is 5.48. The smallest absolute Gasteiger partial charge is 0.115 e. The summed E-state index contributed by atoms with van der Waals surface area (Å²) in [6.07, 6.45) is 5.59. The number of allylic oxidation sites excluding steroid dienone is 2. The summed E-state index contributed by atoms with van der Waals surface area (Å²) >= 11 is 0. The first-order chi connectivity index (χ1) is 6.77. The molecule has 0 amide bonds. The zero-order chi connectivity index (χ0) is 10.4. The number of hydrogen-bond donors (Lipinski definition) is 1. The largest absolute Gasteiger partial charge is 0.508 e. The number of phenolic OH excluding ortho intramolecular Hbond substituents is 1. The van der Waals surface area contributed by atoms with E-state index in [2.05, 4.69) is 19.9 Å². The molecule has 1 aromatic carbocycles. The molecule has 0 atom stereocenters. The van der Waals surface area contributed by atoms with Crippen LogP contribution in [0.25, 0.3) is 5.57 Å². The van der Waals surface area contributed by atoms with Gasteiger partial charge in [0.25, 0.3) is 0 Å². The first-order valence-corrected chi connectivity index (χ1v) is 5.26. The lowest BCUT2D eigenvalue weighted by Crippen LogP contribution is -1.83. The Bertz CT molecular complexity index is 296. The number of phenols is 1. The van der Waals surface area contributed by atoms with E-state index in [0.717, 1.165) is 19.3 Å². The van der Waals surface area contributed by atoms with Crippen LogP contribution in [-0.2, 0) is 0 Å².